The molecule has 114 valence electrons. The Morgan fingerprint density at radius 2 is 2.05 bits per heavy atom. The summed E-state index contributed by atoms with van der Waals surface area (Å²) < 4.78 is 28.2. The Balaban J connectivity index is 2.31. The molecule has 0 bridgehead atoms. The number of thiophene rings is 1. The third-order valence-corrected chi connectivity index (χ3v) is 6.59. The van der Waals surface area contributed by atoms with Crippen LogP contribution in [-0.4, -0.2) is 13.5 Å². The van der Waals surface area contributed by atoms with Crippen LogP contribution >= 0.6 is 27.3 Å². The minimum atomic E-state index is -3.62. The monoisotopic (exact) mass is 389 g/mol. The van der Waals surface area contributed by atoms with E-state index >= 15 is 0 Å². The number of rotatable bonds is 5. The number of aliphatic hydroxyl groups is 1. The predicted molar refractivity (Wildman–Crippen MR) is 87.9 cm³/mol. The lowest BCUT2D eigenvalue weighted by Crippen LogP contribution is -2.24. The van der Waals surface area contributed by atoms with Gasteiger partial charge in [-0.15, -0.1) is 11.3 Å². The zero-order valence-electron chi connectivity index (χ0n) is 11.7. The maximum atomic E-state index is 12.5. The van der Waals surface area contributed by atoms with Crippen LogP contribution in [0.1, 0.15) is 21.6 Å². The minimum absolute atomic E-state index is 0.190. The second kappa shape index (κ2) is 6.58. The second-order valence-electron chi connectivity index (χ2n) is 4.71. The zero-order valence-corrected chi connectivity index (χ0v) is 14.9. The van der Waals surface area contributed by atoms with Gasteiger partial charge >= 0.3 is 0 Å². The van der Waals surface area contributed by atoms with Crippen molar-refractivity contribution in [2.45, 2.75) is 31.9 Å². The predicted octanol–water partition coefficient (Wildman–Crippen LogP) is 3.10. The number of sulfonamides is 1. The topological polar surface area (TPSA) is 66.4 Å². The van der Waals surface area contributed by atoms with Gasteiger partial charge in [-0.05, 0) is 54.1 Å². The second-order valence-corrected chi connectivity index (χ2v) is 8.30. The Kier molecular flexibility index (Phi) is 5.21. The number of aliphatic hydroxyl groups excluding tert-OH is 1. The number of aryl methyl sites for hydroxylation is 1. The molecule has 0 atom stereocenters. The molecule has 0 unspecified atom stereocenters. The summed E-state index contributed by atoms with van der Waals surface area (Å²) in [6.07, 6.45) is 0. The summed E-state index contributed by atoms with van der Waals surface area (Å²) in [5.41, 5.74) is 2.26. The Hall–Kier alpha value is -0.730. The number of hydrogen-bond donors (Lipinski definition) is 2. The highest BCUT2D eigenvalue weighted by molar-refractivity contribution is 9.10. The van der Waals surface area contributed by atoms with E-state index in [9.17, 15) is 13.5 Å². The van der Waals surface area contributed by atoms with Crippen LogP contribution < -0.4 is 4.72 Å². The van der Waals surface area contributed by atoms with Crippen LogP contribution in [-0.2, 0) is 23.2 Å². The maximum Gasteiger partial charge on any atom is 0.241 e. The Morgan fingerprint density at radius 1 is 1.33 bits per heavy atom. The molecule has 2 rings (SSSR count). The van der Waals surface area contributed by atoms with Gasteiger partial charge in [-0.3, -0.25) is 0 Å². The molecule has 21 heavy (non-hydrogen) atoms. The van der Waals surface area contributed by atoms with E-state index in [1.54, 1.807) is 13.0 Å². The van der Waals surface area contributed by atoms with Gasteiger partial charge < -0.3 is 5.11 Å². The van der Waals surface area contributed by atoms with Crippen LogP contribution in [0.25, 0.3) is 0 Å². The number of hydrogen-bond acceptors (Lipinski definition) is 4. The first-order chi connectivity index (χ1) is 9.85. The summed E-state index contributed by atoms with van der Waals surface area (Å²) in [6, 6.07) is 5.18. The molecule has 0 aliphatic carbocycles. The molecular weight excluding hydrogens is 374 g/mol. The third-order valence-electron chi connectivity index (χ3n) is 3.22. The van der Waals surface area contributed by atoms with Crippen molar-refractivity contribution in [1.82, 2.24) is 4.72 Å². The van der Waals surface area contributed by atoms with E-state index in [0.29, 0.717) is 15.6 Å². The molecule has 0 aliphatic heterocycles. The van der Waals surface area contributed by atoms with Gasteiger partial charge in [0.25, 0.3) is 0 Å². The van der Waals surface area contributed by atoms with E-state index in [1.165, 1.54) is 17.4 Å². The molecule has 0 amide bonds. The van der Waals surface area contributed by atoms with Crippen LogP contribution in [0.4, 0.5) is 0 Å². The summed E-state index contributed by atoms with van der Waals surface area (Å²) >= 11 is 4.85. The van der Waals surface area contributed by atoms with Crippen LogP contribution in [0.3, 0.4) is 0 Å². The summed E-state index contributed by atoms with van der Waals surface area (Å²) in [6.45, 7) is 3.75. The average Bonchev–Trinajstić information content (AvgIpc) is 2.84. The fourth-order valence-electron chi connectivity index (χ4n) is 1.90. The van der Waals surface area contributed by atoms with Gasteiger partial charge in [0, 0.05) is 15.9 Å². The van der Waals surface area contributed by atoms with Crippen molar-refractivity contribution in [2.24, 2.45) is 0 Å². The van der Waals surface area contributed by atoms with Crippen molar-refractivity contribution in [1.29, 1.82) is 0 Å². The van der Waals surface area contributed by atoms with Crippen LogP contribution in [0.5, 0.6) is 0 Å². The number of benzene rings is 1. The van der Waals surface area contributed by atoms with Crippen molar-refractivity contribution < 1.29 is 13.5 Å². The van der Waals surface area contributed by atoms with Gasteiger partial charge in [-0.1, -0.05) is 15.9 Å². The third kappa shape index (κ3) is 3.73. The molecule has 2 N–H and O–H groups in total. The number of nitrogens with one attached hydrogen (secondary N) is 1. The van der Waals surface area contributed by atoms with E-state index in [4.69, 9.17) is 0 Å². The molecular formula is C14H16BrNO3S2. The van der Waals surface area contributed by atoms with Crippen LogP contribution in [0, 0.1) is 13.8 Å². The van der Waals surface area contributed by atoms with E-state index in [2.05, 4.69) is 20.7 Å². The molecule has 0 aliphatic rings. The highest BCUT2D eigenvalue weighted by atomic mass is 79.9. The molecule has 0 saturated carbocycles. The lowest BCUT2D eigenvalue weighted by Gasteiger charge is -2.12. The normalized spacial score (nSPS) is 11.8. The van der Waals surface area contributed by atoms with E-state index in [0.717, 1.165) is 10.4 Å². The smallest absolute Gasteiger partial charge is 0.241 e. The van der Waals surface area contributed by atoms with E-state index < -0.39 is 10.0 Å². The molecule has 1 aromatic carbocycles. The zero-order chi connectivity index (χ0) is 15.6. The molecule has 2 aromatic rings. The first-order valence-electron chi connectivity index (χ1n) is 6.27. The SMILES string of the molecule is Cc1ccsc1CNS(=O)(=O)c1cc(CO)cc(Br)c1C. The Labute approximate surface area is 137 Å². The van der Waals surface area contributed by atoms with Crippen molar-refractivity contribution in [2.75, 3.05) is 0 Å². The first kappa shape index (κ1) is 16.6. The van der Waals surface area contributed by atoms with Crippen molar-refractivity contribution in [3.8, 4) is 0 Å². The summed E-state index contributed by atoms with van der Waals surface area (Å²) in [5, 5.41) is 11.2. The van der Waals surface area contributed by atoms with E-state index in [1.807, 2.05) is 18.4 Å². The Bertz CT molecular complexity index is 754. The lowest BCUT2D eigenvalue weighted by molar-refractivity contribution is 0.281. The molecule has 0 saturated heterocycles. The quantitative estimate of drug-likeness (QED) is 0.825. The molecule has 0 spiro atoms. The standard InChI is InChI=1S/C14H16BrNO3S2/c1-9-3-4-20-13(9)7-16-21(18,19)14-6-11(8-17)5-12(15)10(14)2/h3-6,16-17H,7-8H2,1-2H3. The summed E-state index contributed by atoms with van der Waals surface area (Å²) in [5.74, 6) is 0. The van der Waals surface area contributed by atoms with Crippen molar-refractivity contribution in [3.63, 3.8) is 0 Å². The molecule has 0 radical (unpaired) electrons. The largest absolute Gasteiger partial charge is 0.392 e. The van der Waals surface area contributed by atoms with E-state index in [-0.39, 0.29) is 18.0 Å². The van der Waals surface area contributed by atoms with Crippen LogP contribution in [0.15, 0.2) is 32.9 Å². The average molecular weight is 390 g/mol. The fraction of sp³-hybridized carbons (Fsp3) is 0.286. The van der Waals surface area contributed by atoms with Gasteiger partial charge in [-0.25, -0.2) is 13.1 Å². The van der Waals surface area contributed by atoms with Crippen molar-refractivity contribution >= 4 is 37.3 Å². The molecule has 4 nitrogen and oxygen atoms in total. The lowest BCUT2D eigenvalue weighted by atomic mass is 10.2. The minimum Gasteiger partial charge on any atom is -0.392 e. The first-order valence-corrected chi connectivity index (χ1v) is 9.43. The summed E-state index contributed by atoms with van der Waals surface area (Å²) in [4.78, 5) is 1.18. The molecule has 1 heterocycles. The number of halogens is 1. The summed E-state index contributed by atoms with van der Waals surface area (Å²) in [7, 11) is -3.62. The molecule has 0 fully saturated rings. The Morgan fingerprint density at radius 3 is 2.62 bits per heavy atom. The fourth-order valence-corrected chi connectivity index (χ4v) is 4.79. The molecule has 7 heteroatoms. The maximum absolute atomic E-state index is 12.5. The highest BCUT2D eigenvalue weighted by Gasteiger charge is 2.19. The van der Waals surface area contributed by atoms with Gasteiger partial charge in [0.1, 0.15) is 0 Å². The van der Waals surface area contributed by atoms with Gasteiger partial charge in [0.05, 0.1) is 11.5 Å². The highest BCUT2D eigenvalue weighted by Crippen LogP contribution is 2.26. The van der Waals surface area contributed by atoms with Gasteiger partial charge in [0.15, 0.2) is 0 Å². The van der Waals surface area contributed by atoms with Crippen molar-refractivity contribution in [3.05, 3.63) is 49.6 Å². The molecule has 1 aromatic heterocycles. The van der Waals surface area contributed by atoms with Gasteiger partial charge in [-0.2, -0.15) is 0 Å². The van der Waals surface area contributed by atoms with Crippen LogP contribution in [0.2, 0.25) is 0 Å². The van der Waals surface area contributed by atoms with Gasteiger partial charge in [0.2, 0.25) is 10.0 Å².